The van der Waals surface area contributed by atoms with Crippen molar-refractivity contribution >= 4 is 23.5 Å². The van der Waals surface area contributed by atoms with Crippen molar-refractivity contribution in [1.82, 2.24) is 20.2 Å². The SMILES string of the molecule is CC(=O)NCCNc1cc(N2CCN(C(=O)C3CCC(C(F)(F)F)CC3)CC2)nc(-c2ccccc2)n1. The molecule has 0 atom stereocenters. The van der Waals surface area contributed by atoms with Gasteiger partial charge >= 0.3 is 6.18 Å². The van der Waals surface area contributed by atoms with Crippen LogP contribution in [0.3, 0.4) is 0 Å². The highest BCUT2D eigenvalue weighted by atomic mass is 19.4. The van der Waals surface area contributed by atoms with E-state index in [-0.39, 0.29) is 30.6 Å². The van der Waals surface area contributed by atoms with Crippen molar-refractivity contribution in [2.45, 2.75) is 38.8 Å². The molecule has 2 fully saturated rings. The molecule has 2 amide bonds. The van der Waals surface area contributed by atoms with Gasteiger partial charge in [0.05, 0.1) is 5.92 Å². The predicted octanol–water partition coefficient (Wildman–Crippen LogP) is 3.71. The lowest BCUT2D eigenvalue weighted by Crippen LogP contribution is -2.51. The molecule has 1 aliphatic heterocycles. The molecule has 8 nitrogen and oxygen atoms in total. The Bertz CT molecular complexity index is 1070. The Morgan fingerprint density at radius 1 is 0.973 bits per heavy atom. The van der Waals surface area contributed by atoms with E-state index in [2.05, 4.69) is 20.5 Å². The summed E-state index contributed by atoms with van der Waals surface area (Å²) in [7, 11) is 0. The maximum atomic E-state index is 13.0. The molecule has 2 aliphatic rings. The predicted molar refractivity (Wildman–Crippen MR) is 135 cm³/mol. The number of carbonyl (C=O) groups is 2. The average molecular weight is 519 g/mol. The van der Waals surface area contributed by atoms with Gasteiger partial charge in [-0.1, -0.05) is 30.3 Å². The Labute approximate surface area is 214 Å². The summed E-state index contributed by atoms with van der Waals surface area (Å²) in [6.07, 6.45) is -3.53. The number of aromatic nitrogens is 2. The van der Waals surface area contributed by atoms with Gasteiger partial charge in [-0.05, 0) is 25.7 Å². The number of hydrogen-bond acceptors (Lipinski definition) is 6. The van der Waals surface area contributed by atoms with E-state index in [1.54, 1.807) is 4.90 Å². The van der Waals surface area contributed by atoms with Crippen molar-refractivity contribution in [1.29, 1.82) is 0 Å². The molecule has 2 aromatic rings. The van der Waals surface area contributed by atoms with Gasteiger partial charge in [-0.25, -0.2) is 9.97 Å². The van der Waals surface area contributed by atoms with Crippen LogP contribution in [0.15, 0.2) is 36.4 Å². The third kappa shape index (κ3) is 7.11. The second kappa shape index (κ2) is 11.8. The number of carbonyl (C=O) groups excluding carboxylic acids is 2. The Balaban J connectivity index is 1.39. The summed E-state index contributed by atoms with van der Waals surface area (Å²) < 4.78 is 38.9. The van der Waals surface area contributed by atoms with Gasteiger partial charge in [0, 0.05) is 63.7 Å². The largest absolute Gasteiger partial charge is 0.391 e. The highest BCUT2D eigenvalue weighted by molar-refractivity contribution is 5.79. The molecule has 1 saturated heterocycles. The van der Waals surface area contributed by atoms with Crippen LogP contribution < -0.4 is 15.5 Å². The summed E-state index contributed by atoms with van der Waals surface area (Å²) in [5.41, 5.74) is 0.873. The number of halogens is 3. The zero-order valence-electron chi connectivity index (χ0n) is 20.9. The van der Waals surface area contributed by atoms with Crippen LogP contribution in [0, 0.1) is 11.8 Å². The molecule has 1 aromatic heterocycles. The first kappa shape index (κ1) is 26.7. The van der Waals surface area contributed by atoms with Crippen LogP contribution in [0.5, 0.6) is 0 Å². The van der Waals surface area contributed by atoms with Crippen LogP contribution in [0.25, 0.3) is 11.4 Å². The maximum absolute atomic E-state index is 13.0. The number of amides is 2. The quantitative estimate of drug-likeness (QED) is 0.544. The normalized spacial score (nSPS) is 20.4. The van der Waals surface area contributed by atoms with Crippen LogP contribution in [0.4, 0.5) is 24.8 Å². The van der Waals surface area contributed by atoms with Gasteiger partial charge in [0.25, 0.3) is 0 Å². The first-order valence-corrected chi connectivity index (χ1v) is 12.7. The molecule has 0 unspecified atom stereocenters. The van der Waals surface area contributed by atoms with E-state index in [0.717, 1.165) is 11.4 Å². The molecule has 0 bridgehead atoms. The number of benzene rings is 1. The van der Waals surface area contributed by atoms with E-state index in [9.17, 15) is 22.8 Å². The minimum absolute atomic E-state index is 0.0286. The van der Waals surface area contributed by atoms with E-state index < -0.39 is 12.1 Å². The monoisotopic (exact) mass is 518 g/mol. The summed E-state index contributed by atoms with van der Waals surface area (Å²) in [5, 5.41) is 5.98. The number of nitrogens with one attached hydrogen (secondary N) is 2. The average Bonchev–Trinajstić information content (AvgIpc) is 2.90. The molecular weight excluding hydrogens is 485 g/mol. The molecule has 2 N–H and O–H groups in total. The van der Waals surface area contributed by atoms with Gasteiger partial charge in [-0.2, -0.15) is 13.2 Å². The highest BCUT2D eigenvalue weighted by Gasteiger charge is 2.43. The Hall–Kier alpha value is -3.37. The second-order valence-electron chi connectivity index (χ2n) is 9.61. The molecule has 37 heavy (non-hydrogen) atoms. The standard InChI is InChI=1S/C26H33F3N6O2/c1-18(36)30-11-12-31-22-17-23(33-24(32-22)19-5-3-2-4-6-19)34-13-15-35(16-14-34)25(37)20-7-9-21(10-8-20)26(27,28)29/h2-6,17,20-21H,7-16H2,1H3,(H,30,36)(H,31,32,33). The number of alkyl halides is 3. The summed E-state index contributed by atoms with van der Waals surface area (Å²) in [5.74, 6) is 0.186. The Morgan fingerprint density at radius 3 is 2.27 bits per heavy atom. The first-order chi connectivity index (χ1) is 17.7. The van der Waals surface area contributed by atoms with Crippen LogP contribution in [0.1, 0.15) is 32.6 Å². The van der Waals surface area contributed by atoms with E-state index in [0.29, 0.717) is 63.8 Å². The molecule has 11 heteroatoms. The van der Waals surface area contributed by atoms with Gasteiger partial charge in [0.2, 0.25) is 11.8 Å². The summed E-state index contributed by atoms with van der Waals surface area (Å²) in [6.45, 7) is 4.56. The van der Waals surface area contributed by atoms with E-state index in [1.165, 1.54) is 6.92 Å². The molecule has 0 spiro atoms. The van der Waals surface area contributed by atoms with Crippen molar-refractivity contribution in [3.05, 3.63) is 36.4 Å². The van der Waals surface area contributed by atoms with E-state index in [1.807, 2.05) is 36.4 Å². The van der Waals surface area contributed by atoms with Gasteiger partial charge in [0.15, 0.2) is 5.82 Å². The fourth-order valence-corrected chi connectivity index (χ4v) is 4.91. The minimum Gasteiger partial charge on any atom is -0.368 e. The topological polar surface area (TPSA) is 90.5 Å². The molecular formula is C26H33F3N6O2. The second-order valence-corrected chi connectivity index (χ2v) is 9.61. The smallest absolute Gasteiger partial charge is 0.368 e. The molecule has 4 rings (SSSR count). The Kier molecular flexibility index (Phi) is 8.50. The van der Waals surface area contributed by atoms with Crippen LogP contribution >= 0.6 is 0 Å². The Morgan fingerprint density at radius 2 is 1.65 bits per heavy atom. The third-order valence-electron chi connectivity index (χ3n) is 7.00. The van der Waals surface area contributed by atoms with E-state index in [4.69, 9.17) is 4.98 Å². The fraction of sp³-hybridized carbons (Fsp3) is 0.538. The third-order valence-corrected chi connectivity index (χ3v) is 7.00. The molecule has 1 saturated carbocycles. The van der Waals surface area contributed by atoms with Crippen molar-refractivity contribution in [3.8, 4) is 11.4 Å². The zero-order valence-corrected chi connectivity index (χ0v) is 20.9. The van der Waals surface area contributed by atoms with Crippen LogP contribution in [-0.4, -0.2) is 72.1 Å². The number of hydrogen-bond donors (Lipinski definition) is 2. The van der Waals surface area contributed by atoms with E-state index >= 15 is 0 Å². The summed E-state index contributed by atoms with van der Waals surface area (Å²) >= 11 is 0. The number of nitrogens with zero attached hydrogens (tertiary/aromatic N) is 4. The molecule has 0 radical (unpaired) electrons. The number of anilines is 2. The summed E-state index contributed by atoms with van der Waals surface area (Å²) in [4.78, 5) is 37.4. The van der Waals surface area contributed by atoms with Gasteiger partial charge < -0.3 is 20.4 Å². The van der Waals surface area contributed by atoms with Crippen molar-refractivity contribution in [3.63, 3.8) is 0 Å². The number of rotatable bonds is 7. The lowest BCUT2D eigenvalue weighted by molar-refractivity contribution is -0.185. The van der Waals surface area contributed by atoms with Gasteiger partial charge in [-0.3, -0.25) is 9.59 Å². The first-order valence-electron chi connectivity index (χ1n) is 12.7. The van der Waals surface area contributed by atoms with Crippen LogP contribution in [-0.2, 0) is 9.59 Å². The molecule has 1 aliphatic carbocycles. The minimum atomic E-state index is -4.17. The van der Waals surface area contributed by atoms with Crippen molar-refractivity contribution < 1.29 is 22.8 Å². The maximum Gasteiger partial charge on any atom is 0.391 e. The highest BCUT2D eigenvalue weighted by Crippen LogP contribution is 2.40. The number of piperazine rings is 1. The van der Waals surface area contributed by atoms with Crippen molar-refractivity contribution in [2.75, 3.05) is 49.5 Å². The van der Waals surface area contributed by atoms with Crippen molar-refractivity contribution in [2.24, 2.45) is 11.8 Å². The fourth-order valence-electron chi connectivity index (χ4n) is 4.91. The molecule has 200 valence electrons. The summed E-state index contributed by atoms with van der Waals surface area (Å²) in [6, 6.07) is 11.5. The molecule has 2 heterocycles. The van der Waals surface area contributed by atoms with Crippen LogP contribution in [0.2, 0.25) is 0 Å². The lowest BCUT2D eigenvalue weighted by Gasteiger charge is -2.38. The van der Waals surface area contributed by atoms with Gasteiger partial charge in [-0.15, -0.1) is 0 Å². The molecule has 1 aromatic carbocycles. The van der Waals surface area contributed by atoms with Gasteiger partial charge in [0.1, 0.15) is 11.6 Å². The zero-order chi connectivity index (χ0) is 26.4. The lowest BCUT2D eigenvalue weighted by atomic mass is 9.81.